The van der Waals surface area contributed by atoms with Crippen LogP contribution < -0.4 is 10.1 Å². The van der Waals surface area contributed by atoms with Gasteiger partial charge in [0.2, 0.25) is 23.5 Å². The molecule has 3 rings (SSSR count). The van der Waals surface area contributed by atoms with Crippen LogP contribution in [0.5, 0.6) is 5.88 Å². The van der Waals surface area contributed by atoms with Crippen molar-refractivity contribution >= 4 is 5.91 Å². The van der Waals surface area contributed by atoms with Gasteiger partial charge in [0.15, 0.2) is 0 Å². The first-order chi connectivity index (χ1) is 14.7. The zero-order chi connectivity index (χ0) is 21.2. The van der Waals surface area contributed by atoms with Crippen LogP contribution in [0, 0.1) is 5.82 Å². The fraction of sp³-hybridized carbons (Fsp3) is 0.333. The topological polar surface area (TPSA) is 99.4 Å². The van der Waals surface area contributed by atoms with Gasteiger partial charge in [0.1, 0.15) is 12.4 Å². The van der Waals surface area contributed by atoms with E-state index in [1.54, 1.807) is 31.5 Å². The molecular weight excluding hydrogens is 391 g/mol. The first kappa shape index (κ1) is 21.4. The van der Waals surface area contributed by atoms with Crippen molar-refractivity contribution < 1.29 is 23.2 Å². The van der Waals surface area contributed by atoms with Crippen LogP contribution in [0.15, 0.2) is 47.1 Å². The molecule has 0 saturated carbocycles. The molecule has 1 aromatic carbocycles. The highest BCUT2D eigenvalue weighted by Gasteiger charge is 2.11. The van der Waals surface area contributed by atoms with Crippen LogP contribution in [0.4, 0.5) is 4.39 Å². The molecule has 0 saturated heterocycles. The minimum atomic E-state index is -0.326. The van der Waals surface area contributed by atoms with Gasteiger partial charge in [-0.1, -0.05) is 11.2 Å². The normalized spacial score (nSPS) is 10.7. The molecule has 0 aliphatic rings. The number of pyridine rings is 1. The number of methoxy groups -OCH3 is 1. The number of aryl methyl sites for hydroxylation is 1. The molecule has 1 N–H and O–H groups in total. The Balaban J connectivity index is 1.42. The Morgan fingerprint density at radius 2 is 2.03 bits per heavy atom. The Morgan fingerprint density at radius 1 is 1.20 bits per heavy atom. The number of hydrogen-bond acceptors (Lipinski definition) is 7. The largest absolute Gasteiger partial charge is 0.475 e. The average molecular weight is 414 g/mol. The summed E-state index contributed by atoms with van der Waals surface area (Å²) in [6, 6.07) is 9.49. The molecule has 0 spiro atoms. The monoisotopic (exact) mass is 414 g/mol. The summed E-state index contributed by atoms with van der Waals surface area (Å²) >= 11 is 0. The SMILES string of the molecule is COCCOc1ncccc1CNC(=O)CCCc1nc(-c2ccc(F)cc2)no1. The molecule has 8 nitrogen and oxygen atoms in total. The third kappa shape index (κ3) is 6.35. The van der Waals surface area contributed by atoms with E-state index >= 15 is 0 Å². The van der Waals surface area contributed by atoms with Crippen molar-refractivity contribution in [3.8, 4) is 17.3 Å². The van der Waals surface area contributed by atoms with Gasteiger partial charge < -0.3 is 19.3 Å². The van der Waals surface area contributed by atoms with E-state index in [2.05, 4.69) is 20.4 Å². The third-order valence-electron chi connectivity index (χ3n) is 4.22. The molecule has 2 aromatic heterocycles. The van der Waals surface area contributed by atoms with Gasteiger partial charge in [-0.25, -0.2) is 9.37 Å². The fourth-order valence-electron chi connectivity index (χ4n) is 2.67. The Hall–Kier alpha value is -3.33. The summed E-state index contributed by atoms with van der Waals surface area (Å²) in [6.07, 6.45) is 2.98. The lowest BCUT2D eigenvalue weighted by Crippen LogP contribution is -2.23. The minimum absolute atomic E-state index is 0.0973. The Bertz CT molecular complexity index is 946. The molecule has 0 radical (unpaired) electrons. The molecule has 0 bridgehead atoms. The maximum Gasteiger partial charge on any atom is 0.226 e. The molecule has 3 aromatic rings. The van der Waals surface area contributed by atoms with Crippen molar-refractivity contribution in [2.45, 2.75) is 25.8 Å². The first-order valence-corrected chi connectivity index (χ1v) is 9.56. The van der Waals surface area contributed by atoms with Gasteiger partial charge in [-0.15, -0.1) is 0 Å². The predicted octanol–water partition coefficient (Wildman–Crippen LogP) is 2.94. The highest BCUT2D eigenvalue weighted by molar-refractivity contribution is 5.75. The molecule has 0 unspecified atom stereocenters. The van der Waals surface area contributed by atoms with Gasteiger partial charge in [0.05, 0.1) is 6.61 Å². The number of nitrogens with one attached hydrogen (secondary N) is 1. The van der Waals surface area contributed by atoms with Crippen LogP contribution in [0.2, 0.25) is 0 Å². The van der Waals surface area contributed by atoms with Crippen molar-refractivity contribution in [2.75, 3.05) is 20.3 Å². The van der Waals surface area contributed by atoms with Crippen LogP contribution >= 0.6 is 0 Å². The van der Waals surface area contributed by atoms with Crippen molar-refractivity contribution in [3.05, 3.63) is 59.9 Å². The molecule has 0 aliphatic heterocycles. The number of rotatable bonds is 11. The lowest BCUT2D eigenvalue weighted by atomic mass is 10.2. The third-order valence-corrected chi connectivity index (χ3v) is 4.22. The predicted molar refractivity (Wildman–Crippen MR) is 106 cm³/mol. The quantitative estimate of drug-likeness (QED) is 0.482. The van der Waals surface area contributed by atoms with Gasteiger partial charge in [-0.3, -0.25) is 4.79 Å². The average Bonchev–Trinajstić information content (AvgIpc) is 3.22. The van der Waals surface area contributed by atoms with Crippen molar-refractivity contribution in [2.24, 2.45) is 0 Å². The summed E-state index contributed by atoms with van der Waals surface area (Å²) in [6.45, 7) is 1.17. The van der Waals surface area contributed by atoms with Crippen LogP contribution in [0.3, 0.4) is 0 Å². The van der Waals surface area contributed by atoms with E-state index < -0.39 is 0 Å². The van der Waals surface area contributed by atoms with E-state index in [0.29, 0.717) is 62.2 Å². The molecule has 1 amide bonds. The van der Waals surface area contributed by atoms with E-state index in [9.17, 15) is 9.18 Å². The number of carbonyl (C=O) groups is 1. The number of nitrogens with zero attached hydrogens (tertiary/aromatic N) is 3. The summed E-state index contributed by atoms with van der Waals surface area (Å²) in [5.41, 5.74) is 1.46. The van der Waals surface area contributed by atoms with Gasteiger partial charge in [-0.05, 0) is 36.8 Å². The fourth-order valence-corrected chi connectivity index (χ4v) is 2.67. The van der Waals surface area contributed by atoms with Gasteiger partial charge in [0, 0.05) is 43.8 Å². The highest BCUT2D eigenvalue weighted by atomic mass is 19.1. The second-order valence-electron chi connectivity index (χ2n) is 6.46. The number of benzene rings is 1. The standard InChI is InChI=1S/C21H23FN4O4/c1-28-12-13-29-21-16(4-3-11-23-21)14-24-18(27)5-2-6-19-25-20(26-30-19)15-7-9-17(22)10-8-15/h3-4,7-11H,2,5-6,12-14H2,1H3,(H,24,27). The molecule has 2 heterocycles. The number of carbonyl (C=O) groups excluding carboxylic acids is 1. The Labute approximate surface area is 173 Å². The van der Waals surface area contributed by atoms with Crippen LogP contribution in [0.1, 0.15) is 24.3 Å². The lowest BCUT2D eigenvalue weighted by molar-refractivity contribution is -0.121. The summed E-state index contributed by atoms with van der Waals surface area (Å²) in [5, 5.41) is 6.75. The molecule has 30 heavy (non-hydrogen) atoms. The zero-order valence-electron chi connectivity index (χ0n) is 16.6. The van der Waals surface area contributed by atoms with Crippen LogP contribution in [-0.2, 0) is 22.5 Å². The highest BCUT2D eigenvalue weighted by Crippen LogP contribution is 2.17. The Morgan fingerprint density at radius 3 is 2.83 bits per heavy atom. The van der Waals surface area contributed by atoms with E-state index in [-0.39, 0.29) is 11.7 Å². The molecule has 158 valence electrons. The van der Waals surface area contributed by atoms with Crippen molar-refractivity contribution in [1.29, 1.82) is 0 Å². The van der Waals surface area contributed by atoms with Gasteiger partial charge >= 0.3 is 0 Å². The molecule has 9 heteroatoms. The van der Waals surface area contributed by atoms with Crippen LogP contribution in [-0.4, -0.2) is 41.4 Å². The van der Waals surface area contributed by atoms with E-state index in [1.165, 1.54) is 12.1 Å². The number of amides is 1. The molecule has 0 fully saturated rings. The van der Waals surface area contributed by atoms with E-state index in [0.717, 1.165) is 5.56 Å². The molecule has 0 atom stereocenters. The Kier molecular flexibility index (Phi) is 7.85. The summed E-state index contributed by atoms with van der Waals surface area (Å²) < 4.78 is 28.7. The lowest BCUT2D eigenvalue weighted by Gasteiger charge is -2.10. The zero-order valence-corrected chi connectivity index (χ0v) is 16.6. The van der Waals surface area contributed by atoms with Crippen molar-refractivity contribution in [3.63, 3.8) is 0 Å². The summed E-state index contributed by atoms with van der Waals surface area (Å²) in [7, 11) is 1.60. The summed E-state index contributed by atoms with van der Waals surface area (Å²) in [4.78, 5) is 20.6. The molecule has 0 aliphatic carbocycles. The maximum absolute atomic E-state index is 13.0. The summed E-state index contributed by atoms with van der Waals surface area (Å²) in [5.74, 6) is 0.887. The minimum Gasteiger partial charge on any atom is -0.475 e. The van der Waals surface area contributed by atoms with Gasteiger partial charge in [-0.2, -0.15) is 4.98 Å². The number of aromatic nitrogens is 3. The smallest absolute Gasteiger partial charge is 0.226 e. The second kappa shape index (κ2) is 11.0. The number of hydrogen-bond donors (Lipinski definition) is 1. The maximum atomic E-state index is 13.0. The van der Waals surface area contributed by atoms with Gasteiger partial charge in [0.25, 0.3) is 0 Å². The molecular formula is C21H23FN4O4. The second-order valence-corrected chi connectivity index (χ2v) is 6.46. The van der Waals surface area contributed by atoms with E-state index in [4.69, 9.17) is 14.0 Å². The van der Waals surface area contributed by atoms with Crippen LogP contribution in [0.25, 0.3) is 11.4 Å². The first-order valence-electron chi connectivity index (χ1n) is 9.56. The van der Waals surface area contributed by atoms with E-state index in [1.807, 2.05) is 6.07 Å². The van der Waals surface area contributed by atoms with Crippen molar-refractivity contribution in [1.82, 2.24) is 20.4 Å². The number of ether oxygens (including phenoxy) is 2. The number of halogens is 1.